The maximum atomic E-state index is 10.2. The van der Waals surface area contributed by atoms with Gasteiger partial charge < -0.3 is 19.7 Å². The van der Waals surface area contributed by atoms with E-state index in [4.69, 9.17) is 29.7 Å². The van der Waals surface area contributed by atoms with Gasteiger partial charge in [-0.05, 0) is 52.3 Å². The molecule has 8 aromatic rings. The zero-order valence-corrected chi connectivity index (χ0v) is 35.7. The Balaban J connectivity index is 0.00000514. The van der Waals surface area contributed by atoms with Crippen LogP contribution < -0.4 is 10.00 Å². The Morgan fingerprint density at radius 3 is 2.21 bits per heavy atom. The van der Waals surface area contributed by atoms with Crippen LogP contribution in [0.3, 0.4) is 0 Å². The molecule has 0 amide bonds. The van der Waals surface area contributed by atoms with Gasteiger partial charge in [0.25, 0.3) is 0 Å². The van der Waals surface area contributed by atoms with Gasteiger partial charge in [0.2, 0.25) is 11.4 Å². The molecule has 0 unspecified atom stereocenters. The SMILES string of the molecule is [C-]#[N+]c1c(C#N)c(C#N)c(-c2cc(-c3ccc4c(n3)N(c3[c-]c5c(cc3)c3ccccc3n5-c3cc(C(C)(C)C)ccn3)c3ccccc3C4(C)C)[n-]n2)c([N+]#[C-])c1[N+]#[C-].[Pt+2]. The molecule has 0 saturated carbocycles. The number of nitrogens with zero attached hydrogens (tertiary/aromatic N) is 11. The van der Waals surface area contributed by atoms with Gasteiger partial charge in [0.05, 0.1) is 48.7 Å². The smallest absolute Gasteiger partial charge is 0.573 e. The molecular formula is C49H31N11Pt. The molecule has 4 aromatic heterocycles. The fourth-order valence-corrected chi connectivity index (χ4v) is 8.25. The summed E-state index contributed by atoms with van der Waals surface area (Å²) in [6.07, 6.45) is 1.86. The molecule has 0 radical (unpaired) electrons. The molecule has 0 bridgehead atoms. The Morgan fingerprint density at radius 1 is 0.770 bits per heavy atom. The van der Waals surface area contributed by atoms with Crippen LogP contribution >= 0.6 is 0 Å². The molecule has 292 valence electrons. The third-order valence-electron chi connectivity index (χ3n) is 11.3. The third-order valence-corrected chi connectivity index (χ3v) is 11.3. The van der Waals surface area contributed by atoms with Crippen LogP contribution in [0.4, 0.5) is 34.3 Å². The van der Waals surface area contributed by atoms with Gasteiger partial charge in [-0.25, -0.2) is 9.97 Å². The zero-order chi connectivity index (χ0) is 42.1. The molecule has 4 aromatic carbocycles. The number of hydrogen-bond acceptors (Lipinski definition) is 6. The Hall–Kier alpha value is -7.87. The number of hydrogen-bond donors (Lipinski definition) is 0. The minimum absolute atomic E-state index is 0. The molecule has 11 nitrogen and oxygen atoms in total. The molecule has 9 rings (SSSR count). The summed E-state index contributed by atoms with van der Waals surface area (Å²) in [4.78, 5) is 22.6. The first-order chi connectivity index (χ1) is 28.9. The number of para-hydroxylation sites is 2. The van der Waals surface area contributed by atoms with Crippen LogP contribution in [-0.4, -0.2) is 19.6 Å². The Morgan fingerprint density at radius 2 is 1.49 bits per heavy atom. The summed E-state index contributed by atoms with van der Waals surface area (Å²) in [6, 6.07) is 38.2. The summed E-state index contributed by atoms with van der Waals surface area (Å²) in [7, 11) is 0. The molecule has 0 N–H and O–H groups in total. The predicted octanol–water partition coefficient (Wildman–Crippen LogP) is 11.9. The van der Waals surface area contributed by atoms with E-state index in [1.54, 1.807) is 6.07 Å². The average Bonchev–Trinajstić information content (AvgIpc) is 3.88. The van der Waals surface area contributed by atoms with E-state index in [9.17, 15) is 10.5 Å². The third kappa shape index (κ3) is 6.05. The first kappa shape index (κ1) is 39.9. The second-order valence-corrected chi connectivity index (χ2v) is 16.0. The molecular weight excluding hydrogens is 938 g/mol. The zero-order valence-electron chi connectivity index (χ0n) is 33.5. The minimum atomic E-state index is -0.451. The Kier molecular flexibility index (Phi) is 9.65. The van der Waals surface area contributed by atoms with Crippen molar-refractivity contribution in [3.8, 4) is 40.6 Å². The minimum Gasteiger partial charge on any atom is -0.573 e. The molecule has 0 saturated heterocycles. The molecule has 0 atom stereocenters. The number of nitriles is 2. The summed E-state index contributed by atoms with van der Waals surface area (Å²) in [5.74, 6) is 1.46. The predicted molar refractivity (Wildman–Crippen MR) is 231 cm³/mol. The molecule has 12 heteroatoms. The van der Waals surface area contributed by atoms with Crippen LogP contribution in [0.1, 0.15) is 62.4 Å². The number of fused-ring (bicyclic) bond motifs is 5. The molecule has 5 heterocycles. The quantitative estimate of drug-likeness (QED) is 0.161. The van der Waals surface area contributed by atoms with E-state index < -0.39 is 5.41 Å². The standard InChI is InChI=1S/C49H31N11.Pt/c1-48(2,3)28-21-22-55-42(23-28)60-39-15-11-9-13-30(39)31-18-17-29(24-41(31)60)59-40-16-12-10-14-34(40)49(4,5)35-19-20-36(56-47(35)59)37-25-38(58-57-37)43-32(26-50)33(27-51)44(52-6)46(54-8)45(43)53-7;/h9-23,25H,1-5H3;/q-2;+2. The second-order valence-electron chi connectivity index (χ2n) is 16.0. The van der Waals surface area contributed by atoms with Crippen molar-refractivity contribution < 1.29 is 21.1 Å². The Labute approximate surface area is 366 Å². The van der Waals surface area contributed by atoms with Gasteiger partial charge in [0, 0.05) is 39.6 Å². The average molecular weight is 969 g/mol. The van der Waals surface area contributed by atoms with E-state index in [-0.39, 0.29) is 65.9 Å². The Bertz CT molecular complexity index is 3310. The van der Waals surface area contributed by atoms with Crippen molar-refractivity contribution in [3.63, 3.8) is 0 Å². The van der Waals surface area contributed by atoms with Crippen LogP contribution in [0.15, 0.2) is 97.2 Å². The number of rotatable bonds is 4. The van der Waals surface area contributed by atoms with Crippen LogP contribution in [-0.2, 0) is 31.9 Å². The van der Waals surface area contributed by atoms with Gasteiger partial charge >= 0.3 is 21.1 Å². The van der Waals surface area contributed by atoms with Gasteiger partial charge in [0.1, 0.15) is 11.6 Å². The molecule has 0 aliphatic carbocycles. The fraction of sp³-hybridized carbons (Fsp3) is 0.143. The van der Waals surface area contributed by atoms with E-state index in [0.717, 1.165) is 55.7 Å². The van der Waals surface area contributed by atoms with Gasteiger partial charge in [-0.15, -0.1) is 17.5 Å². The number of anilines is 3. The first-order valence-electron chi connectivity index (χ1n) is 19.0. The van der Waals surface area contributed by atoms with Crippen molar-refractivity contribution in [3.05, 3.63) is 165 Å². The van der Waals surface area contributed by atoms with Crippen LogP contribution in [0.25, 0.3) is 64.8 Å². The topological polar surface area (TPSA) is 122 Å². The van der Waals surface area contributed by atoms with Crippen molar-refractivity contribution in [1.82, 2.24) is 24.7 Å². The van der Waals surface area contributed by atoms with E-state index in [2.05, 4.69) is 123 Å². The fourth-order valence-electron chi connectivity index (χ4n) is 8.25. The number of aromatic nitrogens is 5. The summed E-state index contributed by atoms with van der Waals surface area (Å²) in [5, 5.41) is 31.1. The van der Waals surface area contributed by atoms with Gasteiger partial charge in [0.15, 0.2) is 5.69 Å². The van der Waals surface area contributed by atoms with Crippen LogP contribution in [0.5, 0.6) is 0 Å². The first-order valence-corrected chi connectivity index (χ1v) is 19.0. The summed E-state index contributed by atoms with van der Waals surface area (Å²) in [5.41, 5.74) is 5.85. The molecule has 1 aliphatic rings. The summed E-state index contributed by atoms with van der Waals surface area (Å²) < 4.78 is 2.17. The van der Waals surface area contributed by atoms with E-state index >= 15 is 0 Å². The maximum absolute atomic E-state index is 10.2. The van der Waals surface area contributed by atoms with Crippen LogP contribution in [0.2, 0.25) is 0 Å². The van der Waals surface area contributed by atoms with Crippen molar-refractivity contribution in [1.29, 1.82) is 10.5 Å². The molecule has 61 heavy (non-hydrogen) atoms. The van der Waals surface area contributed by atoms with Crippen molar-refractivity contribution in [2.24, 2.45) is 0 Å². The van der Waals surface area contributed by atoms with E-state index in [0.29, 0.717) is 17.2 Å². The summed E-state index contributed by atoms with van der Waals surface area (Å²) >= 11 is 0. The van der Waals surface area contributed by atoms with Gasteiger partial charge in [-0.3, -0.25) is 14.5 Å². The van der Waals surface area contributed by atoms with Gasteiger partial charge in [-0.2, -0.15) is 16.6 Å². The molecule has 1 aliphatic heterocycles. The largest absolute Gasteiger partial charge is 2.00 e. The molecule has 0 fully saturated rings. The monoisotopic (exact) mass is 968 g/mol. The second kappa shape index (κ2) is 14.7. The summed E-state index contributed by atoms with van der Waals surface area (Å²) in [6.45, 7) is 34.2. The maximum Gasteiger partial charge on any atom is 2.00 e. The van der Waals surface area contributed by atoms with Crippen LogP contribution in [0, 0.1) is 48.4 Å². The molecule has 0 spiro atoms. The number of benzene rings is 4. The van der Waals surface area contributed by atoms with Crippen molar-refractivity contribution >= 4 is 56.1 Å². The van der Waals surface area contributed by atoms with Crippen molar-refractivity contribution in [2.45, 2.75) is 45.4 Å². The van der Waals surface area contributed by atoms with Gasteiger partial charge in [-0.1, -0.05) is 100 Å². The van der Waals surface area contributed by atoms with E-state index in [1.165, 1.54) is 0 Å². The van der Waals surface area contributed by atoms with Crippen molar-refractivity contribution in [2.75, 3.05) is 4.90 Å². The number of pyridine rings is 2. The normalized spacial score (nSPS) is 12.6. The van der Waals surface area contributed by atoms with E-state index in [1.807, 2.05) is 54.7 Å².